The van der Waals surface area contributed by atoms with E-state index in [2.05, 4.69) is 9.88 Å². The number of halogens is 2. The van der Waals surface area contributed by atoms with Crippen LogP contribution in [0.15, 0.2) is 18.2 Å². The number of alkyl halides is 1. The third kappa shape index (κ3) is 3.25. The first kappa shape index (κ1) is 14.9. The SMILES string of the molecule is O=C(CCCl)N1CCN(c2nc3ccc(Cl)cc3s2)CC1. The van der Waals surface area contributed by atoms with Gasteiger partial charge in [0.2, 0.25) is 5.91 Å². The lowest BCUT2D eigenvalue weighted by molar-refractivity contribution is -0.131. The highest BCUT2D eigenvalue weighted by Crippen LogP contribution is 2.31. The predicted molar refractivity (Wildman–Crippen MR) is 88.8 cm³/mol. The van der Waals surface area contributed by atoms with Gasteiger partial charge in [0.15, 0.2) is 5.13 Å². The minimum Gasteiger partial charge on any atom is -0.345 e. The average Bonchev–Trinajstić information content (AvgIpc) is 2.90. The van der Waals surface area contributed by atoms with Gasteiger partial charge in [0.05, 0.1) is 10.2 Å². The van der Waals surface area contributed by atoms with Gasteiger partial charge in [-0.05, 0) is 18.2 Å². The molecule has 1 saturated heterocycles. The molecule has 3 rings (SSSR count). The highest BCUT2D eigenvalue weighted by Gasteiger charge is 2.22. The van der Waals surface area contributed by atoms with Gasteiger partial charge in [-0.15, -0.1) is 11.6 Å². The molecule has 1 aliphatic rings. The van der Waals surface area contributed by atoms with Crippen LogP contribution >= 0.6 is 34.5 Å². The summed E-state index contributed by atoms with van der Waals surface area (Å²) in [5.74, 6) is 0.526. The number of rotatable bonds is 3. The normalized spacial score (nSPS) is 15.7. The van der Waals surface area contributed by atoms with Gasteiger partial charge in [-0.3, -0.25) is 4.79 Å². The van der Waals surface area contributed by atoms with Crippen LogP contribution in [0.5, 0.6) is 0 Å². The van der Waals surface area contributed by atoms with E-state index in [1.165, 1.54) is 0 Å². The first-order valence-electron chi connectivity index (χ1n) is 6.82. The number of anilines is 1. The third-order valence-corrected chi connectivity index (χ3v) is 5.05. The Bertz CT molecular complexity index is 653. The number of benzene rings is 1. The van der Waals surface area contributed by atoms with E-state index in [0.29, 0.717) is 12.3 Å². The highest BCUT2D eigenvalue weighted by molar-refractivity contribution is 7.22. The van der Waals surface area contributed by atoms with Gasteiger partial charge < -0.3 is 9.80 Å². The second-order valence-electron chi connectivity index (χ2n) is 4.92. The fraction of sp³-hybridized carbons (Fsp3) is 0.429. The van der Waals surface area contributed by atoms with E-state index in [9.17, 15) is 4.79 Å². The molecule has 2 heterocycles. The summed E-state index contributed by atoms with van der Waals surface area (Å²) in [5, 5.41) is 1.73. The molecule has 0 atom stereocenters. The van der Waals surface area contributed by atoms with Crippen molar-refractivity contribution < 1.29 is 4.79 Å². The standard InChI is InChI=1S/C14H15Cl2N3OS/c15-4-3-13(20)18-5-7-19(8-6-18)14-17-11-2-1-10(16)9-12(11)21-14/h1-2,9H,3-8H2. The largest absolute Gasteiger partial charge is 0.345 e. The van der Waals surface area contributed by atoms with Crippen LogP contribution in [-0.4, -0.2) is 47.9 Å². The van der Waals surface area contributed by atoms with Gasteiger partial charge in [-0.2, -0.15) is 0 Å². The van der Waals surface area contributed by atoms with Crippen molar-refractivity contribution >= 4 is 55.8 Å². The molecule has 0 saturated carbocycles. The van der Waals surface area contributed by atoms with E-state index in [-0.39, 0.29) is 5.91 Å². The molecule has 0 unspecified atom stereocenters. The number of piperazine rings is 1. The number of hydrogen-bond donors (Lipinski definition) is 0. The lowest BCUT2D eigenvalue weighted by Gasteiger charge is -2.34. The van der Waals surface area contributed by atoms with E-state index in [0.717, 1.165) is 46.5 Å². The number of amides is 1. The Labute approximate surface area is 137 Å². The van der Waals surface area contributed by atoms with Crippen LogP contribution in [0.4, 0.5) is 5.13 Å². The zero-order chi connectivity index (χ0) is 14.8. The smallest absolute Gasteiger partial charge is 0.223 e. The molecule has 0 N–H and O–H groups in total. The van der Waals surface area contributed by atoms with Crippen LogP contribution in [-0.2, 0) is 4.79 Å². The number of carbonyl (C=O) groups excluding carboxylic acids is 1. The van der Waals surface area contributed by atoms with E-state index in [4.69, 9.17) is 23.2 Å². The van der Waals surface area contributed by atoms with Gasteiger partial charge in [0, 0.05) is 43.5 Å². The molecule has 112 valence electrons. The number of carbonyl (C=O) groups is 1. The summed E-state index contributed by atoms with van der Waals surface area (Å²) in [7, 11) is 0. The maximum Gasteiger partial charge on any atom is 0.223 e. The van der Waals surface area contributed by atoms with Crippen molar-refractivity contribution in [2.24, 2.45) is 0 Å². The molecule has 0 bridgehead atoms. The summed E-state index contributed by atoms with van der Waals surface area (Å²) in [6.07, 6.45) is 0.418. The fourth-order valence-corrected chi connectivity index (χ4v) is 3.86. The van der Waals surface area contributed by atoms with Crippen molar-refractivity contribution in [3.05, 3.63) is 23.2 Å². The molecule has 0 spiro atoms. The first-order chi connectivity index (χ1) is 10.2. The summed E-state index contributed by atoms with van der Waals surface area (Å²) in [6, 6.07) is 5.74. The molecule has 7 heteroatoms. The Morgan fingerprint density at radius 1 is 1.29 bits per heavy atom. The van der Waals surface area contributed by atoms with Crippen molar-refractivity contribution in [3.63, 3.8) is 0 Å². The van der Waals surface area contributed by atoms with Crippen LogP contribution in [0, 0.1) is 0 Å². The summed E-state index contributed by atoms with van der Waals surface area (Å²) in [4.78, 5) is 20.6. The van der Waals surface area contributed by atoms with Crippen molar-refractivity contribution in [2.75, 3.05) is 37.0 Å². The average molecular weight is 344 g/mol. The monoisotopic (exact) mass is 343 g/mol. The van der Waals surface area contributed by atoms with Gasteiger partial charge in [-0.25, -0.2) is 4.98 Å². The molecule has 1 aromatic heterocycles. The maximum atomic E-state index is 11.8. The quantitative estimate of drug-likeness (QED) is 0.802. The lowest BCUT2D eigenvalue weighted by atomic mass is 10.3. The number of hydrogen-bond acceptors (Lipinski definition) is 4. The second-order valence-corrected chi connectivity index (χ2v) is 6.74. The first-order valence-corrected chi connectivity index (χ1v) is 8.55. The summed E-state index contributed by atoms with van der Waals surface area (Å²) in [5.41, 5.74) is 0.972. The molecule has 1 aromatic carbocycles. The molecule has 0 aliphatic carbocycles. The molecular weight excluding hydrogens is 329 g/mol. The molecule has 0 radical (unpaired) electrons. The number of thiazole rings is 1. The zero-order valence-electron chi connectivity index (χ0n) is 11.4. The van der Waals surface area contributed by atoms with Crippen LogP contribution in [0.2, 0.25) is 5.02 Å². The minimum atomic E-state index is 0.140. The molecular formula is C14H15Cl2N3OS. The maximum absolute atomic E-state index is 11.8. The molecule has 1 amide bonds. The molecule has 1 fully saturated rings. The van der Waals surface area contributed by atoms with Crippen molar-refractivity contribution in [3.8, 4) is 0 Å². The Balaban J connectivity index is 1.69. The van der Waals surface area contributed by atoms with Crippen LogP contribution in [0.1, 0.15) is 6.42 Å². The molecule has 1 aliphatic heterocycles. The molecule has 2 aromatic rings. The van der Waals surface area contributed by atoms with Crippen molar-refractivity contribution in [1.29, 1.82) is 0 Å². The minimum absolute atomic E-state index is 0.140. The topological polar surface area (TPSA) is 36.4 Å². The zero-order valence-corrected chi connectivity index (χ0v) is 13.7. The van der Waals surface area contributed by atoms with E-state index < -0.39 is 0 Å². The van der Waals surface area contributed by atoms with Crippen LogP contribution in [0.3, 0.4) is 0 Å². The molecule has 21 heavy (non-hydrogen) atoms. The van der Waals surface area contributed by atoms with Crippen LogP contribution < -0.4 is 4.90 Å². The predicted octanol–water partition coefficient (Wildman–Crippen LogP) is 3.23. The Kier molecular flexibility index (Phi) is 4.52. The summed E-state index contributed by atoms with van der Waals surface area (Å²) < 4.78 is 1.10. The van der Waals surface area contributed by atoms with Crippen molar-refractivity contribution in [1.82, 2.24) is 9.88 Å². The van der Waals surface area contributed by atoms with Crippen LogP contribution in [0.25, 0.3) is 10.2 Å². The van der Waals surface area contributed by atoms with Gasteiger partial charge >= 0.3 is 0 Å². The van der Waals surface area contributed by atoms with E-state index >= 15 is 0 Å². The second kappa shape index (κ2) is 6.38. The van der Waals surface area contributed by atoms with Crippen molar-refractivity contribution in [2.45, 2.75) is 6.42 Å². The lowest BCUT2D eigenvalue weighted by Crippen LogP contribution is -2.48. The van der Waals surface area contributed by atoms with E-state index in [1.807, 2.05) is 23.1 Å². The summed E-state index contributed by atoms with van der Waals surface area (Å²) >= 11 is 13.3. The Hall–Kier alpha value is -1.04. The number of aromatic nitrogens is 1. The fourth-order valence-electron chi connectivity index (χ4n) is 2.41. The third-order valence-electron chi connectivity index (χ3n) is 3.55. The van der Waals surface area contributed by atoms with Gasteiger partial charge in [-0.1, -0.05) is 22.9 Å². The number of fused-ring (bicyclic) bond motifs is 1. The van der Waals surface area contributed by atoms with Gasteiger partial charge in [0.1, 0.15) is 0 Å². The summed E-state index contributed by atoms with van der Waals surface area (Å²) in [6.45, 7) is 3.07. The van der Waals surface area contributed by atoms with E-state index in [1.54, 1.807) is 11.3 Å². The highest BCUT2D eigenvalue weighted by atomic mass is 35.5. The molecule has 4 nitrogen and oxygen atoms in total. The Morgan fingerprint density at radius 3 is 2.76 bits per heavy atom. The number of nitrogens with zero attached hydrogens (tertiary/aromatic N) is 3. The van der Waals surface area contributed by atoms with Gasteiger partial charge in [0.25, 0.3) is 0 Å². The Morgan fingerprint density at radius 2 is 2.05 bits per heavy atom.